The molecule has 0 spiro atoms. The molecule has 3 N–H and O–H groups in total. The van der Waals surface area contributed by atoms with Crippen LogP contribution >= 0.6 is 0 Å². The number of aromatic nitrogens is 2. The fraction of sp³-hybridized carbons (Fsp3) is 0.467. The standard InChI is InChI=1S/C30H39N7O3/c1-30(2,3)40-29(39)36-14-12-20(16-36)27(31)22-15-19(8-10-23(22)32-4)28(38)33-21-9-11-26-34-24(18-37(26)17-21)25-7-6-13-35(25)5/h8-11,15,17-18,20,25,31-32H,6-7,12-14,16H2,1-5H3,(H,33,38). The average Bonchev–Trinajstić information content (AvgIpc) is 3.66. The highest BCUT2D eigenvalue weighted by Crippen LogP contribution is 2.30. The Morgan fingerprint density at radius 3 is 2.60 bits per heavy atom. The Balaban J connectivity index is 1.30. The average molecular weight is 546 g/mol. The number of benzene rings is 1. The number of fused-ring (bicyclic) bond motifs is 1. The predicted octanol–water partition coefficient (Wildman–Crippen LogP) is 5.02. The monoisotopic (exact) mass is 545 g/mol. The molecule has 2 aromatic heterocycles. The first-order valence-corrected chi connectivity index (χ1v) is 13.9. The van der Waals surface area contributed by atoms with Gasteiger partial charge in [-0.05, 0) is 84.0 Å². The van der Waals surface area contributed by atoms with Gasteiger partial charge in [0.2, 0.25) is 0 Å². The van der Waals surface area contributed by atoms with Crippen molar-refractivity contribution < 1.29 is 14.3 Å². The molecule has 2 unspecified atom stereocenters. The molecule has 1 aromatic carbocycles. The van der Waals surface area contributed by atoms with Gasteiger partial charge in [-0.2, -0.15) is 0 Å². The third kappa shape index (κ3) is 5.82. The summed E-state index contributed by atoms with van der Waals surface area (Å²) >= 11 is 0. The Kier molecular flexibility index (Phi) is 7.55. The Hall–Kier alpha value is -3.92. The lowest BCUT2D eigenvalue weighted by Crippen LogP contribution is -2.36. The quantitative estimate of drug-likeness (QED) is 0.375. The second-order valence-corrected chi connectivity index (χ2v) is 11.8. The van der Waals surface area contributed by atoms with Crippen LogP contribution in [0.15, 0.2) is 42.7 Å². The van der Waals surface area contributed by atoms with E-state index in [9.17, 15) is 9.59 Å². The summed E-state index contributed by atoms with van der Waals surface area (Å²) in [5.41, 5.74) is 4.27. The molecule has 2 atom stereocenters. The summed E-state index contributed by atoms with van der Waals surface area (Å²) in [6.07, 6.45) is 6.51. The van der Waals surface area contributed by atoms with Crippen molar-refractivity contribution in [2.24, 2.45) is 5.92 Å². The molecule has 0 saturated carbocycles. The Labute approximate surface area is 235 Å². The van der Waals surface area contributed by atoms with Gasteiger partial charge >= 0.3 is 6.09 Å². The van der Waals surface area contributed by atoms with Crippen LogP contribution in [0.25, 0.3) is 5.65 Å². The van der Waals surface area contributed by atoms with Crippen LogP contribution in [0, 0.1) is 11.3 Å². The number of carbonyl (C=O) groups is 2. The SMILES string of the molecule is CNc1ccc(C(=O)Nc2ccc3nc(C4CCCN4C)cn3c2)cc1C(=N)C1CCN(C(=O)OC(C)(C)C)C1. The number of anilines is 2. The highest BCUT2D eigenvalue weighted by atomic mass is 16.6. The van der Waals surface area contributed by atoms with Crippen molar-refractivity contribution in [1.82, 2.24) is 19.2 Å². The van der Waals surface area contributed by atoms with Gasteiger partial charge < -0.3 is 30.1 Å². The Morgan fingerprint density at radius 1 is 1.10 bits per heavy atom. The van der Waals surface area contributed by atoms with Gasteiger partial charge in [-0.15, -0.1) is 0 Å². The topological polar surface area (TPSA) is 115 Å². The van der Waals surface area contributed by atoms with Crippen LogP contribution in [-0.2, 0) is 4.74 Å². The third-order valence-electron chi connectivity index (χ3n) is 7.68. The molecule has 4 heterocycles. The fourth-order valence-corrected chi connectivity index (χ4v) is 5.57. The van der Waals surface area contributed by atoms with Gasteiger partial charge in [0.05, 0.1) is 17.4 Å². The van der Waals surface area contributed by atoms with E-state index in [1.807, 2.05) is 55.8 Å². The van der Waals surface area contributed by atoms with Gasteiger partial charge in [0.1, 0.15) is 11.2 Å². The summed E-state index contributed by atoms with van der Waals surface area (Å²) < 4.78 is 7.47. The van der Waals surface area contributed by atoms with Crippen molar-refractivity contribution in [2.45, 2.75) is 51.7 Å². The molecule has 5 rings (SSSR count). The van der Waals surface area contributed by atoms with E-state index in [0.717, 1.165) is 30.0 Å². The molecule has 2 amide bonds. The number of hydrogen-bond donors (Lipinski definition) is 3. The maximum absolute atomic E-state index is 13.3. The molecule has 40 heavy (non-hydrogen) atoms. The van der Waals surface area contributed by atoms with Crippen LogP contribution in [0.1, 0.15) is 67.7 Å². The zero-order valence-corrected chi connectivity index (χ0v) is 24.0. The molecule has 2 aliphatic heterocycles. The van der Waals surface area contributed by atoms with Crippen LogP contribution in [0.3, 0.4) is 0 Å². The molecule has 3 aromatic rings. The lowest BCUT2D eigenvalue weighted by Gasteiger charge is -2.24. The minimum Gasteiger partial charge on any atom is -0.444 e. The fourth-order valence-electron chi connectivity index (χ4n) is 5.57. The second-order valence-electron chi connectivity index (χ2n) is 11.8. The van der Waals surface area contributed by atoms with E-state index in [1.54, 1.807) is 24.1 Å². The summed E-state index contributed by atoms with van der Waals surface area (Å²) in [4.78, 5) is 34.6. The van der Waals surface area contributed by atoms with E-state index in [-0.39, 0.29) is 17.9 Å². The first kappa shape index (κ1) is 27.6. The zero-order valence-electron chi connectivity index (χ0n) is 24.0. The molecule has 212 valence electrons. The maximum atomic E-state index is 13.3. The van der Waals surface area contributed by atoms with Crippen molar-refractivity contribution >= 4 is 34.7 Å². The summed E-state index contributed by atoms with van der Waals surface area (Å²) in [6, 6.07) is 9.43. The minimum atomic E-state index is -0.568. The number of nitrogens with zero attached hydrogens (tertiary/aromatic N) is 4. The molecular formula is C30H39N7O3. The second kappa shape index (κ2) is 10.9. The third-order valence-corrected chi connectivity index (χ3v) is 7.68. The smallest absolute Gasteiger partial charge is 0.410 e. The van der Waals surface area contributed by atoms with E-state index >= 15 is 0 Å². The molecule has 10 nitrogen and oxygen atoms in total. The van der Waals surface area contributed by atoms with Crippen molar-refractivity contribution in [3.8, 4) is 0 Å². The van der Waals surface area contributed by atoms with Crippen molar-refractivity contribution in [3.05, 3.63) is 59.5 Å². The van der Waals surface area contributed by atoms with Gasteiger partial charge in [0, 0.05) is 61.0 Å². The first-order valence-electron chi connectivity index (χ1n) is 13.9. The van der Waals surface area contributed by atoms with Gasteiger partial charge in [0.15, 0.2) is 0 Å². The number of nitrogens with one attached hydrogen (secondary N) is 3. The van der Waals surface area contributed by atoms with E-state index in [4.69, 9.17) is 15.1 Å². The molecule has 2 aliphatic rings. The summed E-state index contributed by atoms with van der Waals surface area (Å²) in [5, 5.41) is 15.1. The minimum absolute atomic E-state index is 0.144. The predicted molar refractivity (Wildman–Crippen MR) is 156 cm³/mol. The molecule has 10 heteroatoms. The number of hydrogen-bond acceptors (Lipinski definition) is 7. The summed E-state index contributed by atoms with van der Waals surface area (Å²) in [6.45, 7) is 7.56. The van der Waals surface area contributed by atoms with Crippen molar-refractivity contribution in [2.75, 3.05) is 44.4 Å². The lowest BCUT2D eigenvalue weighted by molar-refractivity contribution is 0.0292. The number of amides is 2. The number of ether oxygens (including phenoxy) is 1. The van der Waals surface area contributed by atoms with E-state index in [2.05, 4.69) is 22.6 Å². The molecule has 2 fully saturated rings. The van der Waals surface area contributed by atoms with Gasteiger partial charge in [0.25, 0.3) is 5.91 Å². The molecule has 0 radical (unpaired) electrons. The van der Waals surface area contributed by atoms with Crippen molar-refractivity contribution in [1.29, 1.82) is 5.41 Å². The van der Waals surface area contributed by atoms with Gasteiger partial charge in [-0.25, -0.2) is 9.78 Å². The molecular weight excluding hydrogens is 506 g/mol. The van der Waals surface area contributed by atoms with Crippen LogP contribution in [0.2, 0.25) is 0 Å². The zero-order chi connectivity index (χ0) is 28.6. The molecule has 0 bridgehead atoms. The Morgan fingerprint density at radius 2 is 1.90 bits per heavy atom. The molecule has 2 saturated heterocycles. The van der Waals surface area contributed by atoms with Gasteiger partial charge in [-0.1, -0.05) is 0 Å². The number of imidazole rings is 1. The van der Waals surface area contributed by atoms with E-state index in [0.29, 0.717) is 48.1 Å². The molecule has 0 aliphatic carbocycles. The Bertz CT molecular complexity index is 1440. The van der Waals surface area contributed by atoms with Crippen LogP contribution in [0.5, 0.6) is 0 Å². The summed E-state index contributed by atoms with van der Waals surface area (Å²) in [7, 11) is 3.93. The van der Waals surface area contributed by atoms with Crippen LogP contribution in [-0.4, -0.2) is 76.2 Å². The van der Waals surface area contributed by atoms with E-state index < -0.39 is 5.60 Å². The number of pyridine rings is 1. The first-order chi connectivity index (χ1) is 19.0. The highest BCUT2D eigenvalue weighted by molar-refractivity contribution is 6.09. The summed E-state index contributed by atoms with van der Waals surface area (Å²) in [5.74, 6) is -0.400. The normalized spacial score (nSPS) is 19.7. The lowest BCUT2D eigenvalue weighted by atomic mass is 9.93. The number of likely N-dealkylation sites (tertiary alicyclic amines) is 2. The van der Waals surface area contributed by atoms with Gasteiger partial charge in [-0.3, -0.25) is 9.69 Å². The maximum Gasteiger partial charge on any atom is 0.410 e. The number of rotatable bonds is 6. The van der Waals surface area contributed by atoms with Crippen LogP contribution in [0.4, 0.5) is 16.2 Å². The number of carbonyl (C=O) groups excluding carboxylic acids is 2. The van der Waals surface area contributed by atoms with Crippen LogP contribution < -0.4 is 10.6 Å². The van der Waals surface area contributed by atoms with E-state index in [1.165, 1.54) is 6.42 Å². The highest BCUT2D eigenvalue weighted by Gasteiger charge is 2.33. The largest absolute Gasteiger partial charge is 0.444 e. The van der Waals surface area contributed by atoms with Crippen molar-refractivity contribution in [3.63, 3.8) is 0 Å².